The Morgan fingerprint density at radius 3 is 3.11 bits per heavy atom. The quantitative estimate of drug-likeness (QED) is 0.841. The van der Waals surface area contributed by atoms with E-state index >= 15 is 0 Å². The molecule has 0 saturated carbocycles. The number of pyridine rings is 1. The molecule has 1 saturated heterocycles. The lowest BCUT2D eigenvalue weighted by Crippen LogP contribution is -2.41. The minimum absolute atomic E-state index is 0.00204. The van der Waals surface area contributed by atoms with E-state index in [4.69, 9.17) is 4.74 Å². The van der Waals surface area contributed by atoms with Crippen molar-refractivity contribution in [1.82, 2.24) is 10.3 Å². The normalized spacial score (nSPS) is 22.4. The van der Waals surface area contributed by atoms with E-state index in [2.05, 4.69) is 22.5 Å². The van der Waals surface area contributed by atoms with E-state index in [1.807, 2.05) is 13.0 Å². The van der Waals surface area contributed by atoms with E-state index in [0.29, 0.717) is 13.2 Å². The van der Waals surface area contributed by atoms with Gasteiger partial charge in [0, 0.05) is 12.2 Å². The molecule has 0 aromatic carbocycles. The average molecular weight is 263 g/mol. The van der Waals surface area contributed by atoms with Gasteiger partial charge in [-0.25, -0.2) is 0 Å². The topological polar surface area (TPSA) is 63.2 Å². The maximum atomic E-state index is 12.3. The summed E-state index contributed by atoms with van der Waals surface area (Å²) in [4.78, 5) is 16.3. The van der Waals surface area contributed by atoms with E-state index in [0.717, 1.165) is 24.2 Å². The van der Waals surface area contributed by atoms with E-state index in [1.54, 1.807) is 12.4 Å². The highest BCUT2D eigenvalue weighted by atomic mass is 16.5. The van der Waals surface area contributed by atoms with Crippen LogP contribution >= 0.6 is 0 Å². The van der Waals surface area contributed by atoms with Gasteiger partial charge in [-0.2, -0.15) is 0 Å². The van der Waals surface area contributed by atoms with E-state index < -0.39 is 0 Å². The average Bonchev–Trinajstić information content (AvgIpc) is 2.87. The molecular weight excluding hydrogens is 242 g/mol. The summed E-state index contributed by atoms with van der Waals surface area (Å²) in [5.41, 5.74) is 1.79. The Morgan fingerprint density at radius 1 is 1.53 bits per heavy atom. The fraction of sp³-hybridized carbons (Fsp3) is 0.571. The van der Waals surface area contributed by atoms with Gasteiger partial charge in [-0.15, -0.1) is 0 Å². The van der Waals surface area contributed by atoms with Crippen molar-refractivity contribution in [2.24, 2.45) is 5.92 Å². The number of amides is 1. The molecule has 0 aliphatic carbocycles. The van der Waals surface area contributed by atoms with Crippen LogP contribution in [0.2, 0.25) is 0 Å². The van der Waals surface area contributed by atoms with Crippen molar-refractivity contribution < 1.29 is 9.53 Å². The van der Waals surface area contributed by atoms with Crippen molar-refractivity contribution in [3.63, 3.8) is 0 Å². The third kappa shape index (κ3) is 3.52. The van der Waals surface area contributed by atoms with Crippen molar-refractivity contribution in [3.8, 4) is 0 Å². The molecular formula is C14H21N3O2. The molecule has 2 N–H and O–H groups in total. The molecule has 1 aliphatic heterocycles. The number of hydrogen-bond donors (Lipinski definition) is 2. The number of nitrogens with zero attached hydrogens (tertiary/aromatic N) is 1. The lowest BCUT2D eigenvalue weighted by molar-refractivity contribution is -0.120. The molecule has 5 nitrogen and oxygen atoms in total. The molecule has 0 bridgehead atoms. The highest BCUT2D eigenvalue weighted by molar-refractivity contribution is 5.93. The molecule has 1 aromatic heterocycles. The van der Waals surface area contributed by atoms with Crippen LogP contribution in [0.1, 0.15) is 18.9 Å². The molecule has 104 valence electrons. The summed E-state index contributed by atoms with van der Waals surface area (Å²) in [6.45, 7) is 6.05. The van der Waals surface area contributed by atoms with Crippen LogP contribution in [-0.2, 0) is 9.53 Å². The summed E-state index contributed by atoms with van der Waals surface area (Å²) >= 11 is 0. The number of anilines is 1. The SMILES string of the molecule is CCCNC1COCC1C(=O)Nc1cnccc1C. The number of aryl methyl sites for hydroxylation is 1. The molecule has 0 radical (unpaired) electrons. The van der Waals surface area contributed by atoms with Gasteiger partial charge in [0.25, 0.3) is 0 Å². The molecule has 1 amide bonds. The van der Waals surface area contributed by atoms with Gasteiger partial charge in [-0.3, -0.25) is 9.78 Å². The fourth-order valence-electron chi connectivity index (χ4n) is 2.16. The maximum Gasteiger partial charge on any atom is 0.231 e. The Labute approximate surface area is 113 Å². The van der Waals surface area contributed by atoms with Gasteiger partial charge in [0.1, 0.15) is 0 Å². The van der Waals surface area contributed by atoms with Gasteiger partial charge in [0.15, 0.2) is 0 Å². The van der Waals surface area contributed by atoms with Crippen molar-refractivity contribution in [2.45, 2.75) is 26.3 Å². The number of rotatable bonds is 5. The zero-order valence-corrected chi connectivity index (χ0v) is 11.5. The second-order valence-electron chi connectivity index (χ2n) is 4.88. The molecule has 2 unspecified atom stereocenters. The van der Waals surface area contributed by atoms with E-state index in [9.17, 15) is 4.79 Å². The van der Waals surface area contributed by atoms with Crippen LogP contribution in [0.5, 0.6) is 0 Å². The lowest BCUT2D eigenvalue weighted by Gasteiger charge is -2.18. The van der Waals surface area contributed by atoms with Crippen LogP contribution < -0.4 is 10.6 Å². The zero-order valence-electron chi connectivity index (χ0n) is 11.5. The molecule has 5 heteroatoms. The van der Waals surface area contributed by atoms with E-state index in [-0.39, 0.29) is 17.9 Å². The fourth-order valence-corrected chi connectivity index (χ4v) is 2.16. The summed E-state index contributed by atoms with van der Waals surface area (Å²) in [7, 11) is 0. The van der Waals surface area contributed by atoms with Gasteiger partial charge in [0.05, 0.1) is 31.0 Å². The van der Waals surface area contributed by atoms with Crippen LogP contribution in [0.15, 0.2) is 18.5 Å². The Kier molecular flexibility index (Phi) is 4.87. The third-order valence-electron chi connectivity index (χ3n) is 3.37. The van der Waals surface area contributed by atoms with Crippen molar-refractivity contribution in [3.05, 3.63) is 24.0 Å². The second kappa shape index (κ2) is 6.63. The van der Waals surface area contributed by atoms with Crippen LogP contribution in [0, 0.1) is 12.8 Å². The summed E-state index contributed by atoms with van der Waals surface area (Å²) in [5.74, 6) is -0.131. The first-order chi connectivity index (χ1) is 9.22. The maximum absolute atomic E-state index is 12.3. The Hall–Kier alpha value is -1.46. The van der Waals surface area contributed by atoms with Crippen molar-refractivity contribution >= 4 is 11.6 Å². The van der Waals surface area contributed by atoms with Gasteiger partial charge >= 0.3 is 0 Å². The number of carbonyl (C=O) groups excluding carboxylic acids is 1. The predicted molar refractivity (Wildman–Crippen MR) is 74.0 cm³/mol. The van der Waals surface area contributed by atoms with Crippen LogP contribution in [0.3, 0.4) is 0 Å². The first kappa shape index (κ1) is 14.0. The monoisotopic (exact) mass is 263 g/mol. The van der Waals surface area contributed by atoms with Gasteiger partial charge in [0.2, 0.25) is 5.91 Å². The van der Waals surface area contributed by atoms with Crippen molar-refractivity contribution in [1.29, 1.82) is 0 Å². The van der Waals surface area contributed by atoms with Crippen LogP contribution in [-0.4, -0.2) is 36.7 Å². The molecule has 19 heavy (non-hydrogen) atoms. The Bertz CT molecular complexity index is 436. The number of hydrogen-bond acceptors (Lipinski definition) is 4. The molecule has 1 aliphatic rings. The first-order valence-electron chi connectivity index (χ1n) is 6.75. The van der Waals surface area contributed by atoms with E-state index in [1.165, 1.54) is 0 Å². The summed E-state index contributed by atoms with van der Waals surface area (Å²) in [6, 6.07) is 1.99. The van der Waals surface area contributed by atoms with Crippen LogP contribution in [0.4, 0.5) is 5.69 Å². The zero-order chi connectivity index (χ0) is 13.7. The highest BCUT2D eigenvalue weighted by Gasteiger charge is 2.33. The van der Waals surface area contributed by atoms with Crippen molar-refractivity contribution in [2.75, 3.05) is 25.1 Å². The number of aromatic nitrogens is 1. The minimum atomic E-state index is -0.133. The van der Waals surface area contributed by atoms with Crippen LogP contribution in [0.25, 0.3) is 0 Å². The molecule has 2 heterocycles. The molecule has 1 fully saturated rings. The predicted octanol–water partition coefficient (Wildman–Crippen LogP) is 1.34. The number of nitrogens with one attached hydrogen (secondary N) is 2. The molecule has 2 rings (SSSR count). The first-order valence-corrected chi connectivity index (χ1v) is 6.75. The highest BCUT2D eigenvalue weighted by Crippen LogP contribution is 2.18. The second-order valence-corrected chi connectivity index (χ2v) is 4.88. The largest absolute Gasteiger partial charge is 0.379 e. The molecule has 0 spiro atoms. The lowest BCUT2D eigenvalue weighted by atomic mass is 10.0. The van der Waals surface area contributed by atoms with Gasteiger partial charge < -0.3 is 15.4 Å². The molecule has 1 aromatic rings. The summed E-state index contributed by atoms with van der Waals surface area (Å²) < 4.78 is 5.42. The number of ether oxygens (including phenoxy) is 1. The summed E-state index contributed by atoms with van der Waals surface area (Å²) in [5, 5.41) is 6.30. The van der Waals surface area contributed by atoms with Gasteiger partial charge in [-0.05, 0) is 31.5 Å². The molecule has 2 atom stereocenters. The Balaban J connectivity index is 1.97. The van der Waals surface area contributed by atoms with Gasteiger partial charge in [-0.1, -0.05) is 6.92 Å². The number of carbonyl (C=O) groups is 1. The Morgan fingerprint density at radius 2 is 2.37 bits per heavy atom. The smallest absolute Gasteiger partial charge is 0.231 e. The third-order valence-corrected chi connectivity index (χ3v) is 3.37. The minimum Gasteiger partial charge on any atom is -0.379 e. The standard InChI is InChI=1S/C14H21N3O2/c1-3-5-16-13-9-19-8-11(13)14(18)17-12-7-15-6-4-10(12)2/h4,6-7,11,13,16H,3,5,8-9H2,1-2H3,(H,17,18). The summed E-state index contributed by atoms with van der Waals surface area (Å²) in [6.07, 6.45) is 4.44.